The average molecular weight is 303 g/mol. The van der Waals surface area contributed by atoms with E-state index >= 15 is 0 Å². The molecule has 0 spiro atoms. The van der Waals surface area contributed by atoms with Gasteiger partial charge in [0.25, 0.3) is 0 Å². The van der Waals surface area contributed by atoms with Gasteiger partial charge in [-0.3, -0.25) is 0 Å². The van der Waals surface area contributed by atoms with E-state index in [2.05, 4.69) is 68.5 Å². The monoisotopic (exact) mass is 302 g/mol. The molecule has 0 saturated carbocycles. The Hall–Kier alpha value is -1.51. The molecule has 0 aromatic heterocycles. The van der Waals surface area contributed by atoms with Crippen LogP contribution in [0.25, 0.3) is 0 Å². The molecule has 21 heavy (non-hydrogen) atoms. The summed E-state index contributed by atoms with van der Waals surface area (Å²) >= 11 is 6.26. The third-order valence-electron chi connectivity index (χ3n) is 3.78. The number of benzene rings is 2. The lowest BCUT2D eigenvalue weighted by Gasteiger charge is -2.22. The van der Waals surface area contributed by atoms with Crippen molar-refractivity contribution in [3.8, 4) is 0 Å². The summed E-state index contributed by atoms with van der Waals surface area (Å²) in [7, 11) is 4.10. The van der Waals surface area contributed by atoms with E-state index in [9.17, 15) is 0 Å². The lowest BCUT2D eigenvalue weighted by Crippen LogP contribution is -2.22. The van der Waals surface area contributed by atoms with Crippen LogP contribution in [0.4, 0.5) is 5.69 Å². The van der Waals surface area contributed by atoms with Crippen molar-refractivity contribution in [1.29, 1.82) is 0 Å². The van der Waals surface area contributed by atoms with Gasteiger partial charge in [0.15, 0.2) is 0 Å². The number of hydrogen-bond donors (Lipinski definition) is 1. The Labute approximate surface area is 132 Å². The molecular formula is C18H23ClN2. The Morgan fingerprint density at radius 1 is 0.905 bits per heavy atom. The minimum Gasteiger partial charge on any atom is -0.378 e. The lowest BCUT2D eigenvalue weighted by atomic mass is 10.0. The molecule has 2 rings (SSSR count). The number of hydrogen-bond acceptors (Lipinski definition) is 2. The van der Waals surface area contributed by atoms with Gasteiger partial charge in [-0.05, 0) is 43.2 Å². The first-order chi connectivity index (χ1) is 9.99. The van der Waals surface area contributed by atoms with Crippen LogP contribution >= 0.6 is 11.6 Å². The zero-order valence-electron chi connectivity index (χ0n) is 13.1. The van der Waals surface area contributed by atoms with Crippen LogP contribution in [0.15, 0.2) is 48.5 Å². The number of halogens is 1. The molecule has 0 aliphatic heterocycles. The van der Waals surface area contributed by atoms with Crippen LogP contribution in [-0.4, -0.2) is 14.1 Å². The first kappa shape index (κ1) is 15.9. The molecule has 0 amide bonds. The van der Waals surface area contributed by atoms with Crippen molar-refractivity contribution in [2.45, 2.75) is 25.9 Å². The van der Waals surface area contributed by atoms with Crippen LogP contribution in [0.1, 0.15) is 37.1 Å². The minimum atomic E-state index is 0.210. The highest BCUT2D eigenvalue weighted by Gasteiger charge is 2.13. The van der Waals surface area contributed by atoms with Crippen molar-refractivity contribution in [3.05, 3.63) is 64.7 Å². The predicted octanol–water partition coefficient (Wildman–Crippen LogP) is 4.82. The quantitative estimate of drug-likeness (QED) is 0.852. The highest BCUT2D eigenvalue weighted by atomic mass is 35.5. The maximum atomic E-state index is 6.26. The summed E-state index contributed by atoms with van der Waals surface area (Å²) in [6, 6.07) is 17.1. The largest absolute Gasteiger partial charge is 0.378 e. The fourth-order valence-corrected chi connectivity index (χ4v) is 2.75. The highest BCUT2D eigenvalue weighted by Crippen LogP contribution is 2.25. The summed E-state index contributed by atoms with van der Waals surface area (Å²) in [6.07, 6.45) is 0. The molecule has 0 unspecified atom stereocenters. The summed E-state index contributed by atoms with van der Waals surface area (Å²) in [5.41, 5.74) is 3.63. The Bertz CT molecular complexity index is 578. The molecule has 2 aromatic carbocycles. The highest BCUT2D eigenvalue weighted by molar-refractivity contribution is 6.31. The van der Waals surface area contributed by atoms with Crippen molar-refractivity contribution >= 4 is 17.3 Å². The van der Waals surface area contributed by atoms with Crippen molar-refractivity contribution < 1.29 is 0 Å². The molecule has 2 nitrogen and oxygen atoms in total. The fraction of sp³-hybridized carbons (Fsp3) is 0.333. The lowest BCUT2D eigenvalue weighted by molar-refractivity contribution is 0.495. The second kappa shape index (κ2) is 6.97. The van der Waals surface area contributed by atoms with Gasteiger partial charge in [0.2, 0.25) is 0 Å². The van der Waals surface area contributed by atoms with Gasteiger partial charge >= 0.3 is 0 Å². The van der Waals surface area contributed by atoms with E-state index in [1.54, 1.807) is 0 Å². The van der Waals surface area contributed by atoms with E-state index < -0.39 is 0 Å². The van der Waals surface area contributed by atoms with Gasteiger partial charge < -0.3 is 10.2 Å². The van der Waals surface area contributed by atoms with Crippen molar-refractivity contribution in [3.63, 3.8) is 0 Å². The first-order valence-corrected chi connectivity index (χ1v) is 7.64. The standard InChI is InChI=1S/C18H23ClN2/c1-13(15-9-11-16(12-10-15)21(3)4)20-14(2)17-7-5-6-8-18(17)19/h5-14,20H,1-4H3/t13-,14-/m0/s1. The van der Waals surface area contributed by atoms with Gasteiger partial charge in [-0.1, -0.05) is 41.9 Å². The Morgan fingerprint density at radius 2 is 1.52 bits per heavy atom. The van der Waals surface area contributed by atoms with Gasteiger partial charge in [0, 0.05) is 36.9 Å². The van der Waals surface area contributed by atoms with E-state index in [1.165, 1.54) is 11.3 Å². The molecule has 0 heterocycles. The first-order valence-electron chi connectivity index (χ1n) is 7.27. The maximum absolute atomic E-state index is 6.26. The Kier molecular flexibility index (Phi) is 5.27. The van der Waals surface area contributed by atoms with E-state index in [0.717, 1.165) is 10.6 Å². The molecule has 2 aromatic rings. The molecule has 2 atom stereocenters. The molecule has 1 N–H and O–H groups in total. The van der Waals surface area contributed by atoms with Crippen LogP contribution in [0, 0.1) is 0 Å². The topological polar surface area (TPSA) is 15.3 Å². The second-order valence-corrected chi connectivity index (χ2v) is 6.02. The van der Waals surface area contributed by atoms with E-state index in [-0.39, 0.29) is 12.1 Å². The van der Waals surface area contributed by atoms with Crippen LogP contribution in [0.2, 0.25) is 5.02 Å². The number of rotatable bonds is 5. The summed E-state index contributed by atoms with van der Waals surface area (Å²) in [6.45, 7) is 4.32. The normalized spacial score (nSPS) is 13.8. The molecule has 0 aliphatic rings. The maximum Gasteiger partial charge on any atom is 0.0453 e. The fourth-order valence-electron chi connectivity index (χ4n) is 2.45. The smallest absolute Gasteiger partial charge is 0.0453 e. The average Bonchev–Trinajstić information content (AvgIpc) is 2.47. The molecule has 0 radical (unpaired) electrons. The van der Waals surface area contributed by atoms with E-state index in [4.69, 9.17) is 11.6 Å². The summed E-state index contributed by atoms with van der Waals surface area (Å²) in [5, 5.41) is 4.42. The summed E-state index contributed by atoms with van der Waals surface area (Å²) in [4.78, 5) is 2.11. The van der Waals surface area contributed by atoms with Crippen LogP contribution in [0.5, 0.6) is 0 Å². The van der Waals surface area contributed by atoms with Crippen molar-refractivity contribution in [1.82, 2.24) is 5.32 Å². The predicted molar refractivity (Wildman–Crippen MR) is 92.2 cm³/mol. The van der Waals surface area contributed by atoms with Gasteiger partial charge in [0.1, 0.15) is 0 Å². The summed E-state index contributed by atoms with van der Waals surface area (Å²) < 4.78 is 0. The molecule has 3 heteroatoms. The Morgan fingerprint density at radius 3 is 2.10 bits per heavy atom. The van der Waals surface area contributed by atoms with Crippen LogP contribution in [-0.2, 0) is 0 Å². The molecule has 0 aliphatic carbocycles. The zero-order valence-corrected chi connectivity index (χ0v) is 13.9. The molecule has 0 bridgehead atoms. The van der Waals surface area contributed by atoms with Crippen LogP contribution < -0.4 is 10.2 Å². The molecule has 112 valence electrons. The number of nitrogens with one attached hydrogen (secondary N) is 1. The molecule has 0 saturated heterocycles. The second-order valence-electron chi connectivity index (χ2n) is 5.62. The van der Waals surface area contributed by atoms with Gasteiger partial charge in [0.05, 0.1) is 0 Å². The minimum absolute atomic E-state index is 0.210. The number of nitrogens with zero attached hydrogens (tertiary/aromatic N) is 1. The van der Waals surface area contributed by atoms with Gasteiger partial charge in [-0.25, -0.2) is 0 Å². The van der Waals surface area contributed by atoms with E-state index in [0.29, 0.717) is 0 Å². The number of anilines is 1. The Balaban J connectivity index is 2.07. The molecular weight excluding hydrogens is 280 g/mol. The van der Waals surface area contributed by atoms with Gasteiger partial charge in [-0.15, -0.1) is 0 Å². The van der Waals surface area contributed by atoms with E-state index in [1.807, 2.05) is 18.2 Å². The third kappa shape index (κ3) is 3.99. The zero-order chi connectivity index (χ0) is 15.4. The van der Waals surface area contributed by atoms with Crippen molar-refractivity contribution in [2.24, 2.45) is 0 Å². The SMILES string of the molecule is C[C@H](N[C@@H](C)c1ccccc1Cl)c1ccc(N(C)C)cc1. The third-order valence-corrected chi connectivity index (χ3v) is 4.13. The molecule has 0 fully saturated rings. The van der Waals surface area contributed by atoms with Crippen molar-refractivity contribution in [2.75, 3.05) is 19.0 Å². The summed E-state index contributed by atoms with van der Waals surface area (Å²) in [5.74, 6) is 0. The van der Waals surface area contributed by atoms with Gasteiger partial charge in [-0.2, -0.15) is 0 Å². The van der Waals surface area contributed by atoms with Crippen LogP contribution in [0.3, 0.4) is 0 Å².